The number of halogens is 6. The van der Waals surface area contributed by atoms with Crippen LogP contribution in [0.2, 0.25) is 0 Å². The van der Waals surface area contributed by atoms with E-state index in [1.54, 1.807) is 0 Å². The highest BCUT2D eigenvalue weighted by Gasteiger charge is 2.49. The number of likely N-dealkylation sites (tertiary alicyclic amines) is 1. The van der Waals surface area contributed by atoms with E-state index in [1.165, 1.54) is 4.90 Å². The van der Waals surface area contributed by atoms with Gasteiger partial charge in [-0.15, -0.1) is 0 Å². The van der Waals surface area contributed by atoms with Gasteiger partial charge in [0.25, 0.3) is 5.91 Å². The monoisotopic (exact) mass is 509 g/mol. The van der Waals surface area contributed by atoms with Gasteiger partial charge in [0.2, 0.25) is 7.59 Å². The minimum atomic E-state index is -3.93. The zero-order valence-corrected chi connectivity index (χ0v) is 19.1. The first-order chi connectivity index (χ1) is 11.9. The van der Waals surface area contributed by atoms with Crippen LogP contribution in [-0.4, -0.2) is 56.5 Å². The SMILES string of the molecule is O=C(C1CCC[NH2+]1)N1CCCC1P(=O)(OCC(Cl)(Cl)Cl)OCC(Cl)(Cl)Cl. The first-order valence-corrected chi connectivity index (χ1v) is 12.0. The molecule has 2 aliphatic heterocycles. The standard InChI is InChI=1S/C13H19Cl6N2O4P/c14-12(15,16)7-24-26(23,25-8-13(17,18)19)10-4-2-6-21(10)11(22)9-3-1-5-20-9/h9-10,20H,1-8H2/p+1. The molecule has 0 saturated carbocycles. The first kappa shape index (κ1) is 23.6. The summed E-state index contributed by atoms with van der Waals surface area (Å²) in [7, 11) is -3.93. The van der Waals surface area contributed by atoms with E-state index in [1.807, 2.05) is 5.32 Å². The van der Waals surface area contributed by atoms with E-state index in [0.29, 0.717) is 19.4 Å². The number of nitrogens with two attached hydrogens (primary N) is 1. The van der Waals surface area contributed by atoms with Crippen LogP contribution in [0.25, 0.3) is 0 Å². The molecule has 0 aromatic carbocycles. The van der Waals surface area contributed by atoms with Gasteiger partial charge in [-0.05, 0) is 12.8 Å². The molecule has 0 aromatic rings. The van der Waals surface area contributed by atoms with Crippen molar-refractivity contribution < 1.29 is 23.7 Å². The Morgan fingerprint density at radius 2 is 1.62 bits per heavy atom. The molecule has 0 aromatic heterocycles. The fourth-order valence-electron chi connectivity index (χ4n) is 3.08. The van der Waals surface area contributed by atoms with E-state index < -0.39 is 34.2 Å². The Bertz CT molecular complexity index is 528. The maximum Gasteiger partial charge on any atom is 0.353 e. The van der Waals surface area contributed by atoms with Crippen molar-refractivity contribution in [3.63, 3.8) is 0 Å². The largest absolute Gasteiger partial charge is 0.353 e. The topological polar surface area (TPSA) is 72.5 Å². The molecule has 2 saturated heterocycles. The Hall–Kier alpha value is 1.32. The highest BCUT2D eigenvalue weighted by atomic mass is 35.6. The van der Waals surface area contributed by atoms with Gasteiger partial charge >= 0.3 is 7.60 Å². The minimum absolute atomic E-state index is 0.0970. The normalized spacial score (nSPS) is 25.1. The van der Waals surface area contributed by atoms with Gasteiger partial charge in [-0.3, -0.25) is 9.36 Å². The lowest BCUT2D eigenvalue weighted by atomic mass is 10.2. The second-order valence-corrected chi connectivity index (χ2v) is 13.5. The molecular weight excluding hydrogens is 492 g/mol. The molecule has 2 aliphatic rings. The second-order valence-electron chi connectivity index (χ2n) is 6.24. The van der Waals surface area contributed by atoms with Crippen LogP contribution in [0.5, 0.6) is 0 Å². The summed E-state index contributed by atoms with van der Waals surface area (Å²) < 4.78 is 20.6. The van der Waals surface area contributed by atoms with E-state index in [4.69, 9.17) is 78.7 Å². The average molecular weight is 512 g/mol. The van der Waals surface area contributed by atoms with Crippen LogP contribution >= 0.6 is 77.2 Å². The highest BCUT2D eigenvalue weighted by Crippen LogP contribution is 2.59. The maximum absolute atomic E-state index is 13.4. The van der Waals surface area contributed by atoms with Crippen molar-refractivity contribution >= 4 is 83.1 Å². The number of alkyl halides is 6. The molecule has 2 heterocycles. The molecule has 2 rings (SSSR count). The fraction of sp³-hybridized carbons (Fsp3) is 0.923. The van der Waals surface area contributed by atoms with E-state index >= 15 is 0 Å². The van der Waals surface area contributed by atoms with Crippen molar-refractivity contribution in [2.45, 2.75) is 45.1 Å². The van der Waals surface area contributed by atoms with E-state index in [9.17, 15) is 9.36 Å². The van der Waals surface area contributed by atoms with Crippen molar-refractivity contribution in [1.82, 2.24) is 4.90 Å². The van der Waals surface area contributed by atoms with E-state index in [0.717, 1.165) is 19.4 Å². The van der Waals surface area contributed by atoms with Crippen LogP contribution in [0, 0.1) is 0 Å². The summed E-state index contributed by atoms with van der Waals surface area (Å²) in [5.74, 6) is -0.899. The third kappa shape index (κ3) is 6.98. The Morgan fingerprint density at radius 1 is 1.04 bits per heavy atom. The molecule has 0 spiro atoms. The number of quaternary nitrogens is 1. The number of hydrogen-bond donors (Lipinski definition) is 1. The molecule has 6 nitrogen and oxygen atoms in total. The summed E-state index contributed by atoms with van der Waals surface area (Å²) in [6.07, 6.45) is 2.81. The van der Waals surface area contributed by atoms with Gasteiger partial charge in [-0.1, -0.05) is 69.6 Å². The third-order valence-electron chi connectivity index (χ3n) is 4.17. The van der Waals surface area contributed by atoms with Gasteiger partial charge in [-0.25, -0.2) is 0 Å². The van der Waals surface area contributed by atoms with Crippen LogP contribution in [-0.2, 0) is 18.4 Å². The molecule has 2 fully saturated rings. The van der Waals surface area contributed by atoms with Gasteiger partial charge in [-0.2, -0.15) is 0 Å². The molecule has 2 N–H and O–H groups in total. The number of carbonyl (C=O) groups is 1. The van der Waals surface area contributed by atoms with Crippen LogP contribution in [0.3, 0.4) is 0 Å². The van der Waals surface area contributed by atoms with Gasteiger partial charge < -0.3 is 19.3 Å². The number of hydrogen-bond acceptors (Lipinski definition) is 4. The summed E-state index contributed by atoms with van der Waals surface area (Å²) in [6, 6.07) is -0.189. The second kappa shape index (κ2) is 9.42. The predicted molar refractivity (Wildman–Crippen MR) is 105 cm³/mol. The number of carbonyl (C=O) groups excluding carboxylic acids is 1. The van der Waals surface area contributed by atoms with E-state index in [-0.39, 0.29) is 11.9 Å². The first-order valence-electron chi connectivity index (χ1n) is 8.07. The number of rotatable bonds is 6. The van der Waals surface area contributed by atoms with Gasteiger partial charge in [0.1, 0.15) is 19.0 Å². The maximum atomic E-state index is 13.4. The zero-order valence-electron chi connectivity index (χ0n) is 13.7. The summed E-state index contributed by atoms with van der Waals surface area (Å²) in [6.45, 7) is 0.373. The number of amides is 1. The van der Waals surface area contributed by atoms with Crippen molar-refractivity contribution in [2.75, 3.05) is 26.3 Å². The smallest absolute Gasteiger partial charge is 0.336 e. The molecule has 1 amide bonds. The van der Waals surface area contributed by atoms with Crippen molar-refractivity contribution in [1.29, 1.82) is 0 Å². The van der Waals surface area contributed by atoms with Crippen molar-refractivity contribution in [3.05, 3.63) is 0 Å². The summed E-state index contributed by atoms with van der Waals surface area (Å²) in [5, 5.41) is 1.98. The molecule has 0 aliphatic carbocycles. The molecule has 2 atom stereocenters. The molecule has 13 heteroatoms. The van der Waals surface area contributed by atoms with Crippen LogP contribution in [0.4, 0.5) is 0 Å². The van der Waals surface area contributed by atoms with Crippen LogP contribution in [0.15, 0.2) is 0 Å². The van der Waals surface area contributed by atoms with Crippen LogP contribution < -0.4 is 5.32 Å². The third-order valence-corrected chi connectivity index (χ3v) is 7.07. The lowest BCUT2D eigenvalue weighted by Gasteiger charge is -2.32. The van der Waals surface area contributed by atoms with Gasteiger partial charge in [0.05, 0.1) is 6.54 Å². The predicted octanol–water partition coefficient (Wildman–Crippen LogP) is 3.63. The summed E-state index contributed by atoms with van der Waals surface area (Å²) in [5.41, 5.74) is 0. The molecular formula is C13H20Cl6N2O4P+. The van der Waals surface area contributed by atoms with Crippen LogP contribution in [0.1, 0.15) is 25.7 Å². The number of nitrogens with zero attached hydrogens (tertiary/aromatic N) is 1. The Kier molecular flexibility index (Phi) is 8.55. The highest BCUT2D eigenvalue weighted by molar-refractivity contribution is 7.54. The van der Waals surface area contributed by atoms with Gasteiger partial charge in [0.15, 0.2) is 6.04 Å². The van der Waals surface area contributed by atoms with Gasteiger partial charge in [0, 0.05) is 19.4 Å². The fourth-order valence-corrected chi connectivity index (χ4v) is 6.10. The summed E-state index contributed by atoms with van der Waals surface area (Å²) >= 11 is 34.2. The molecule has 0 radical (unpaired) electrons. The zero-order chi connectivity index (χ0) is 19.6. The summed E-state index contributed by atoms with van der Waals surface area (Å²) in [4.78, 5) is 14.3. The lowest BCUT2D eigenvalue weighted by Crippen LogP contribution is -2.89. The molecule has 152 valence electrons. The lowest BCUT2D eigenvalue weighted by molar-refractivity contribution is -0.658. The van der Waals surface area contributed by atoms with Crippen molar-refractivity contribution in [3.8, 4) is 0 Å². The Morgan fingerprint density at radius 3 is 2.08 bits per heavy atom. The Balaban J connectivity index is 2.18. The molecule has 26 heavy (non-hydrogen) atoms. The quantitative estimate of drug-likeness (QED) is 0.436. The van der Waals surface area contributed by atoms with E-state index in [2.05, 4.69) is 0 Å². The average Bonchev–Trinajstić information content (AvgIpc) is 3.20. The minimum Gasteiger partial charge on any atom is -0.336 e. The Labute approximate surface area is 182 Å². The van der Waals surface area contributed by atoms with Crippen molar-refractivity contribution in [2.24, 2.45) is 0 Å². The molecule has 2 unspecified atom stereocenters. The molecule has 0 bridgehead atoms.